The number of carbonyl (C=O) groups excluding carboxylic acids is 1. The summed E-state index contributed by atoms with van der Waals surface area (Å²) in [5.74, 6) is 0.787. The molecule has 0 saturated carbocycles. The summed E-state index contributed by atoms with van der Waals surface area (Å²) < 4.78 is 0. The Bertz CT molecular complexity index is 510. The fourth-order valence-electron chi connectivity index (χ4n) is 2.92. The third-order valence-electron chi connectivity index (χ3n) is 4.69. The highest BCUT2D eigenvalue weighted by Gasteiger charge is 2.23. The molecule has 0 spiro atoms. The van der Waals surface area contributed by atoms with Crippen molar-refractivity contribution in [3.05, 3.63) is 34.9 Å². The quantitative estimate of drug-likeness (QED) is 0.924. The predicted octanol–water partition coefficient (Wildman–Crippen LogP) is 3.27. The van der Waals surface area contributed by atoms with Crippen LogP contribution in [0, 0.1) is 11.8 Å². The van der Waals surface area contributed by atoms with Crippen molar-refractivity contribution in [3.8, 4) is 0 Å². The molecule has 0 aliphatic carbocycles. The summed E-state index contributed by atoms with van der Waals surface area (Å²) in [4.78, 5) is 14.2. The van der Waals surface area contributed by atoms with E-state index in [0.717, 1.165) is 25.9 Å². The molecule has 0 bridgehead atoms. The van der Waals surface area contributed by atoms with Gasteiger partial charge >= 0.3 is 0 Å². The standard InChI is InChI=1S/C18H28N2O/c1-5-13(4)17(19)15-7-6-14-8-9-20(11-16(14)10-15)18(21)12(2)3/h6-7,10,12-13,17H,5,8-9,11,19H2,1-4H3. The van der Waals surface area contributed by atoms with Crippen LogP contribution in [0.4, 0.5) is 0 Å². The maximum Gasteiger partial charge on any atom is 0.225 e. The zero-order chi connectivity index (χ0) is 15.6. The fraction of sp³-hybridized carbons (Fsp3) is 0.611. The SMILES string of the molecule is CCC(C)C(N)c1ccc2c(c1)CN(C(=O)C(C)C)CC2. The Morgan fingerprint density at radius 3 is 2.62 bits per heavy atom. The molecule has 2 rings (SSSR count). The van der Waals surface area contributed by atoms with Gasteiger partial charge in [-0.2, -0.15) is 0 Å². The van der Waals surface area contributed by atoms with Crippen molar-refractivity contribution in [2.75, 3.05) is 6.54 Å². The van der Waals surface area contributed by atoms with Crippen molar-refractivity contribution in [1.82, 2.24) is 4.90 Å². The van der Waals surface area contributed by atoms with Crippen LogP contribution in [0.15, 0.2) is 18.2 Å². The molecule has 0 radical (unpaired) electrons. The average molecular weight is 288 g/mol. The normalized spacial score (nSPS) is 17.5. The molecule has 21 heavy (non-hydrogen) atoms. The molecule has 2 unspecified atom stereocenters. The number of nitrogens with two attached hydrogens (primary N) is 1. The summed E-state index contributed by atoms with van der Waals surface area (Å²) in [5, 5.41) is 0. The largest absolute Gasteiger partial charge is 0.338 e. The van der Waals surface area contributed by atoms with Gasteiger partial charge in [-0.25, -0.2) is 0 Å². The van der Waals surface area contributed by atoms with Crippen LogP contribution in [0.2, 0.25) is 0 Å². The summed E-state index contributed by atoms with van der Waals surface area (Å²) in [7, 11) is 0. The molecule has 1 aromatic rings. The Balaban J connectivity index is 2.20. The highest BCUT2D eigenvalue weighted by molar-refractivity contribution is 5.78. The van der Waals surface area contributed by atoms with Crippen molar-refractivity contribution in [2.45, 2.75) is 53.1 Å². The lowest BCUT2D eigenvalue weighted by Crippen LogP contribution is -2.38. The summed E-state index contributed by atoms with van der Waals surface area (Å²) in [6.07, 6.45) is 2.03. The molecule has 1 aliphatic heterocycles. The van der Waals surface area contributed by atoms with Crippen LogP contribution >= 0.6 is 0 Å². The Labute approximate surface area is 128 Å². The van der Waals surface area contributed by atoms with E-state index in [1.807, 2.05) is 18.7 Å². The zero-order valence-corrected chi connectivity index (χ0v) is 13.7. The van der Waals surface area contributed by atoms with Crippen LogP contribution in [0.5, 0.6) is 0 Å². The van der Waals surface area contributed by atoms with Crippen LogP contribution in [0.3, 0.4) is 0 Å². The van der Waals surface area contributed by atoms with Crippen LogP contribution in [-0.4, -0.2) is 17.4 Å². The first kappa shape index (κ1) is 16.0. The zero-order valence-electron chi connectivity index (χ0n) is 13.7. The van der Waals surface area contributed by atoms with Gasteiger partial charge < -0.3 is 10.6 Å². The van der Waals surface area contributed by atoms with E-state index in [-0.39, 0.29) is 17.9 Å². The smallest absolute Gasteiger partial charge is 0.225 e. The van der Waals surface area contributed by atoms with E-state index in [1.165, 1.54) is 16.7 Å². The second kappa shape index (κ2) is 6.61. The minimum Gasteiger partial charge on any atom is -0.338 e. The molecule has 0 fully saturated rings. The van der Waals surface area contributed by atoms with E-state index in [1.54, 1.807) is 0 Å². The third kappa shape index (κ3) is 3.46. The van der Waals surface area contributed by atoms with E-state index in [9.17, 15) is 4.79 Å². The predicted molar refractivity (Wildman–Crippen MR) is 86.8 cm³/mol. The highest BCUT2D eigenvalue weighted by Crippen LogP contribution is 2.27. The minimum absolute atomic E-state index is 0.0668. The molecule has 3 nitrogen and oxygen atoms in total. The number of hydrogen-bond acceptors (Lipinski definition) is 2. The van der Waals surface area contributed by atoms with Crippen LogP contribution in [0.25, 0.3) is 0 Å². The number of nitrogens with zero attached hydrogens (tertiary/aromatic N) is 1. The van der Waals surface area contributed by atoms with Gasteiger partial charge in [-0.1, -0.05) is 52.3 Å². The van der Waals surface area contributed by atoms with Crippen molar-refractivity contribution in [2.24, 2.45) is 17.6 Å². The Morgan fingerprint density at radius 1 is 1.29 bits per heavy atom. The molecule has 1 aromatic carbocycles. The van der Waals surface area contributed by atoms with Crippen molar-refractivity contribution in [1.29, 1.82) is 0 Å². The average Bonchev–Trinajstić information content (AvgIpc) is 2.51. The maximum atomic E-state index is 12.2. The topological polar surface area (TPSA) is 46.3 Å². The molecule has 0 aromatic heterocycles. The minimum atomic E-state index is 0.0668. The Morgan fingerprint density at radius 2 is 2.00 bits per heavy atom. The van der Waals surface area contributed by atoms with Crippen molar-refractivity contribution in [3.63, 3.8) is 0 Å². The maximum absolute atomic E-state index is 12.2. The molecule has 1 heterocycles. The monoisotopic (exact) mass is 288 g/mol. The highest BCUT2D eigenvalue weighted by atomic mass is 16.2. The summed E-state index contributed by atoms with van der Waals surface area (Å²) in [5.41, 5.74) is 10.2. The fourth-order valence-corrected chi connectivity index (χ4v) is 2.92. The third-order valence-corrected chi connectivity index (χ3v) is 4.69. The first-order valence-corrected chi connectivity index (χ1v) is 8.10. The molecule has 1 aliphatic rings. The van der Waals surface area contributed by atoms with Gasteiger partial charge in [-0.15, -0.1) is 0 Å². The van der Waals surface area contributed by atoms with Gasteiger partial charge in [-0.3, -0.25) is 4.79 Å². The van der Waals surface area contributed by atoms with E-state index in [4.69, 9.17) is 5.73 Å². The molecule has 0 saturated heterocycles. The lowest BCUT2D eigenvalue weighted by molar-refractivity contribution is -0.135. The lowest BCUT2D eigenvalue weighted by Gasteiger charge is -2.31. The van der Waals surface area contributed by atoms with E-state index >= 15 is 0 Å². The van der Waals surface area contributed by atoms with Gasteiger partial charge in [0.25, 0.3) is 0 Å². The molecule has 116 valence electrons. The number of amides is 1. The second-order valence-corrected chi connectivity index (χ2v) is 6.60. The molecule has 1 amide bonds. The molecular weight excluding hydrogens is 260 g/mol. The van der Waals surface area contributed by atoms with Gasteiger partial charge in [0.1, 0.15) is 0 Å². The van der Waals surface area contributed by atoms with Gasteiger partial charge in [0, 0.05) is 25.0 Å². The van der Waals surface area contributed by atoms with E-state index in [0.29, 0.717) is 5.92 Å². The summed E-state index contributed by atoms with van der Waals surface area (Å²) in [6, 6.07) is 6.66. The number of hydrogen-bond donors (Lipinski definition) is 1. The Hall–Kier alpha value is -1.35. The van der Waals surface area contributed by atoms with Crippen LogP contribution < -0.4 is 5.73 Å². The van der Waals surface area contributed by atoms with E-state index < -0.39 is 0 Å². The van der Waals surface area contributed by atoms with Crippen molar-refractivity contribution < 1.29 is 4.79 Å². The first-order valence-electron chi connectivity index (χ1n) is 8.10. The summed E-state index contributed by atoms with van der Waals surface area (Å²) in [6.45, 7) is 9.86. The van der Waals surface area contributed by atoms with Gasteiger partial charge in [-0.05, 0) is 29.0 Å². The Kier molecular flexibility index (Phi) is 5.04. The summed E-state index contributed by atoms with van der Waals surface area (Å²) >= 11 is 0. The van der Waals surface area contributed by atoms with Crippen LogP contribution in [0.1, 0.15) is 56.8 Å². The van der Waals surface area contributed by atoms with Crippen LogP contribution in [-0.2, 0) is 17.8 Å². The van der Waals surface area contributed by atoms with Gasteiger partial charge in [0.15, 0.2) is 0 Å². The van der Waals surface area contributed by atoms with Crippen molar-refractivity contribution >= 4 is 5.91 Å². The molecular formula is C18H28N2O. The lowest BCUT2D eigenvalue weighted by atomic mass is 9.89. The number of rotatable bonds is 4. The molecule has 2 atom stereocenters. The van der Waals surface area contributed by atoms with Gasteiger partial charge in [0.05, 0.1) is 0 Å². The second-order valence-electron chi connectivity index (χ2n) is 6.60. The molecule has 3 heteroatoms. The van der Waals surface area contributed by atoms with E-state index in [2.05, 4.69) is 32.0 Å². The first-order chi connectivity index (χ1) is 9.93. The number of benzene rings is 1. The number of fused-ring (bicyclic) bond motifs is 1. The van der Waals surface area contributed by atoms with Gasteiger partial charge in [0.2, 0.25) is 5.91 Å². The number of carbonyl (C=O) groups is 1. The molecule has 2 N–H and O–H groups in total.